The molecule has 0 aliphatic heterocycles. The predicted molar refractivity (Wildman–Crippen MR) is 92.4 cm³/mol. The molecule has 1 atom stereocenters. The van der Waals surface area contributed by atoms with Crippen LogP contribution in [0.1, 0.15) is 31.0 Å². The molecule has 0 unspecified atom stereocenters. The molecule has 7 nitrogen and oxygen atoms in total. The number of hydrogen-bond donors (Lipinski definition) is 3. The fraction of sp³-hybridized carbons (Fsp3) is 0.438. The molecule has 2 heterocycles. The molecule has 0 spiro atoms. The number of furan rings is 1. The Bertz CT molecular complexity index is 708. The van der Waals surface area contributed by atoms with Crippen LogP contribution in [0.25, 0.3) is 11.5 Å². The maximum absolute atomic E-state index is 12.2. The number of nitrogens with one attached hydrogen (secondary N) is 2. The lowest BCUT2D eigenvalue weighted by molar-refractivity contribution is -0.123. The molecule has 3 amide bonds. The summed E-state index contributed by atoms with van der Waals surface area (Å²) in [6, 6.07) is 2.25. The van der Waals surface area contributed by atoms with Crippen LogP contribution in [0.5, 0.6) is 0 Å². The Labute approximate surface area is 144 Å². The van der Waals surface area contributed by atoms with Gasteiger partial charge in [-0.2, -0.15) is 0 Å². The van der Waals surface area contributed by atoms with Crippen molar-refractivity contribution in [3.8, 4) is 11.5 Å². The monoisotopic (exact) mass is 350 g/mol. The Balaban J connectivity index is 1.95. The van der Waals surface area contributed by atoms with Gasteiger partial charge >= 0.3 is 6.03 Å². The van der Waals surface area contributed by atoms with Gasteiger partial charge in [0.15, 0.2) is 5.76 Å². The van der Waals surface area contributed by atoms with Crippen molar-refractivity contribution < 1.29 is 14.0 Å². The van der Waals surface area contributed by atoms with Crippen molar-refractivity contribution >= 4 is 23.3 Å². The van der Waals surface area contributed by atoms with Crippen molar-refractivity contribution in [2.24, 2.45) is 11.7 Å². The lowest BCUT2D eigenvalue weighted by Crippen LogP contribution is -2.48. The largest absolute Gasteiger partial charge is 0.458 e. The minimum atomic E-state index is -0.713. The number of aromatic nitrogens is 1. The smallest absolute Gasteiger partial charge is 0.312 e. The summed E-state index contributed by atoms with van der Waals surface area (Å²) in [5.41, 5.74) is 5.91. The molecule has 0 aromatic carbocycles. The van der Waals surface area contributed by atoms with E-state index in [1.807, 2.05) is 32.2 Å². The number of nitrogens with two attached hydrogens (primary N) is 1. The fourth-order valence-electron chi connectivity index (χ4n) is 2.26. The molecule has 2 aromatic rings. The molecule has 4 N–H and O–H groups in total. The first-order valence-corrected chi connectivity index (χ1v) is 8.58. The fourth-order valence-corrected chi connectivity index (χ4v) is 2.86. The molecule has 2 rings (SSSR count). The summed E-state index contributed by atoms with van der Waals surface area (Å²) in [5, 5.41) is 8.11. The van der Waals surface area contributed by atoms with Gasteiger partial charge in [0.25, 0.3) is 0 Å². The summed E-state index contributed by atoms with van der Waals surface area (Å²) >= 11 is 1.55. The summed E-state index contributed by atoms with van der Waals surface area (Å²) in [5.74, 6) is 1.24. The molecular weight excluding hydrogens is 328 g/mol. The van der Waals surface area contributed by atoms with Crippen LogP contribution in [0, 0.1) is 12.8 Å². The molecule has 2 aromatic heterocycles. The second kappa shape index (κ2) is 7.96. The first-order valence-electron chi connectivity index (χ1n) is 7.70. The van der Waals surface area contributed by atoms with Crippen LogP contribution in [0.3, 0.4) is 0 Å². The predicted octanol–water partition coefficient (Wildman–Crippen LogP) is 2.41. The molecule has 8 heteroatoms. The van der Waals surface area contributed by atoms with Crippen LogP contribution in [0.4, 0.5) is 4.79 Å². The van der Waals surface area contributed by atoms with E-state index in [4.69, 9.17) is 10.2 Å². The van der Waals surface area contributed by atoms with Crippen molar-refractivity contribution in [3.63, 3.8) is 0 Å². The van der Waals surface area contributed by atoms with Gasteiger partial charge in [0.1, 0.15) is 17.5 Å². The molecule has 0 fully saturated rings. The second-order valence-electron chi connectivity index (χ2n) is 5.93. The van der Waals surface area contributed by atoms with Gasteiger partial charge in [-0.3, -0.25) is 4.79 Å². The molecule has 130 valence electrons. The lowest BCUT2D eigenvalue weighted by atomic mass is 10.0. The average Bonchev–Trinajstić information content (AvgIpc) is 3.11. The molecule has 0 aliphatic rings. The average molecular weight is 350 g/mol. The van der Waals surface area contributed by atoms with Crippen molar-refractivity contribution in [2.45, 2.75) is 39.8 Å². The van der Waals surface area contributed by atoms with Gasteiger partial charge in [-0.1, -0.05) is 13.8 Å². The number of hydrogen-bond acceptors (Lipinski definition) is 5. The number of nitrogens with zero attached hydrogens (tertiary/aromatic N) is 1. The SMILES string of the molecule is Cc1nc(-c2ccc(CNC(=O)[C@@H](CC(C)C)NC(N)=O)o2)cs1. The van der Waals surface area contributed by atoms with E-state index in [0.29, 0.717) is 17.9 Å². The van der Waals surface area contributed by atoms with E-state index in [9.17, 15) is 9.59 Å². The summed E-state index contributed by atoms with van der Waals surface area (Å²) in [6.07, 6.45) is 0.510. The van der Waals surface area contributed by atoms with Crippen LogP contribution in [0.15, 0.2) is 21.9 Å². The Morgan fingerprint density at radius 2 is 2.12 bits per heavy atom. The van der Waals surface area contributed by atoms with Gasteiger partial charge in [0.2, 0.25) is 5.91 Å². The minimum Gasteiger partial charge on any atom is -0.458 e. The quantitative estimate of drug-likeness (QED) is 0.712. The number of rotatable bonds is 7. The third kappa shape index (κ3) is 5.09. The van der Waals surface area contributed by atoms with Gasteiger partial charge in [0, 0.05) is 5.38 Å². The van der Waals surface area contributed by atoms with E-state index in [1.165, 1.54) is 0 Å². The zero-order valence-electron chi connectivity index (χ0n) is 14.0. The number of thiazole rings is 1. The third-order valence-corrected chi connectivity index (χ3v) is 4.08. The van der Waals surface area contributed by atoms with Gasteiger partial charge < -0.3 is 20.8 Å². The molecule has 0 saturated heterocycles. The number of carbonyl (C=O) groups excluding carboxylic acids is 2. The zero-order chi connectivity index (χ0) is 17.7. The molecule has 0 aliphatic carbocycles. The number of carbonyl (C=O) groups is 2. The van der Waals surface area contributed by atoms with E-state index >= 15 is 0 Å². The Morgan fingerprint density at radius 3 is 2.71 bits per heavy atom. The maximum Gasteiger partial charge on any atom is 0.312 e. The van der Waals surface area contributed by atoms with Crippen LogP contribution in [-0.4, -0.2) is 23.0 Å². The van der Waals surface area contributed by atoms with Gasteiger partial charge in [0.05, 0.1) is 11.6 Å². The topological polar surface area (TPSA) is 110 Å². The maximum atomic E-state index is 12.2. The Morgan fingerprint density at radius 1 is 1.38 bits per heavy atom. The third-order valence-electron chi connectivity index (χ3n) is 3.31. The number of amides is 3. The number of aryl methyl sites for hydroxylation is 1. The van der Waals surface area contributed by atoms with Crippen molar-refractivity contribution in [3.05, 3.63) is 28.3 Å². The summed E-state index contributed by atoms with van der Waals surface area (Å²) in [6.45, 7) is 6.10. The summed E-state index contributed by atoms with van der Waals surface area (Å²) < 4.78 is 5.69. The lowest BCUT2D eigenvalue weighted by Gasteiger charge is -2.18. The highest BCUT2D eigenvalue weighted by Gasteiger charge is 2.21. The normalized spacial score (nSPS) is 12.2. The molecule has 0 radical (unpaired) electrons. The Kier molecular flexibility index (Phi) is 5.97. The summed E-state index contributed by atoms with van der Waals surface area (Å²) in [4.78, 5) is 27.6. The molecule has 0 saturated carbocycles. The standard InChI is InChI=1S/C16H22N4O3S/c1-9(2)6-12(20-16(17)22)15(21)18-7-11-4-5-14(23-11)13-8-24-10(3)19-13/h4-5,8-9,12H,6-7H2,1-3H3,(H,18,21)(H3,17,20,22)/t12-/m1/s1. The number of urea groups is 1. The molecular formula is C16H22N4O3S. The van der Waals surface area contributed by atoms with E-state index in [1.54, 1.807) is 17.4 Å². The highest BCUT2D eigenvalue weighted by molar-refractivity contribution is 7.09. The minimum absolute atomic E-state index is 0.233. The molecule has 24 heavy (non-hydrogen) atoms. The second-order valence-corrected chi connectivity index (χ2v) is 6.99. The van der Waals surface area contributed by atoms with E-state index < -0.39 is 12.1 Å². The van der Waals surface area contributed by atoms with E-state index in [-0.39, 0.29) is 18.4 Å². The van der Waals surface area contributed by atoms with Crippen molar-refractivity contribution in [1.29, 1.82) is 0 Å². The first-order chi connectivity index (χ1) is 11.3. The van der Waals surface area contributed by atoms with Crippen LogP contribution >= 0.6 is 11.3 Å². The van der Waals surface area contributed by atoms with Gasteiger partial charge in [-0.15, -0.1) is 11.3 Å². The Hall–Kier alpha value is -2.35. The van der Waals surface area contributed by atoms with E-state index in [2.05, 4.69) is 15.6 Å². The zero-order valence-corrected chi connectivity index (χ0v) is 14.8. The van der Waals surface area contributed by atoms with Gasteiger partial charge in [-0.05, 0) is 31.4 Å². The highest BCUT2D eigenvalue weighted by atomic mass is 32.1. The number of primary amides is 1. The van der Waals surface area contributed by atoms with Crippen molar-refractivity contribution in [2.75, 3.05) is 0 Å². The summed E-state index contributed by atoms with van der Waals surface area (Å²) in [7, 11) is 0. The van der Waals surface area contributed by atoms with Crippen molar-refractivity contribution in [1.82, 2.24) is 15.6 Å². The van der Waals surface area contributed by atoms with Crippen LogP contribution in [0.2, 0.25) is 0 Å². The highest BCUT2D eigenvalue weighted by Crippen LogP contribution is 2.23. The van der Waals surface area contributed by atoms with Crippen LogP contribution < -0.4 is 16.4 Å². The van der Waals surface area contributed by atoms with E-state index in [0.717, 1.165) is 10.7 Å². The first kappa shape index (κ1) is 18.0. The van der Waals surface area contributed by atoms with Gasteiger partial charge in [-0.25, -0.2) is 9.78 Å². The van der Waals surface area contributed by atoms with Crippen LogP contribution in [-0.2, 0) is 11.3 Å². The molecule has 0 bridgehead atoms.